The van der Waals surface area contributed by atoms with E-state index in [-0.39, 0.29) is 0 Å². The Balaban J connectivity index is 1.61. The van der Waals surface area contributed by atoms with Gasteiger partial charge in [-0.05, 0) is 36.2 Å². The number of nitrogens with one attached hydrogen (secondary N) is 1. The summed E-state index contributed by atoms with van der Waals surface area (Å²) in [4.78, 5) is 12.9. The fraction of sp³-hybridized carbons (Fsp3) is 0.176. The van der Waals surface area contributed by atoms with Gasteiger partial charge < -0.3 is 5.32 Å². The lowest BCUT2D eigenvalue weighted by Crippen LogP contribution is -2.04. The first-order valence-corrected chi connectivity index (χ1v) is 7.47. The Morgan fingerprint density at radius 2 is 2.22 bits per heavy atom. The highest BCUT2D eigenvalue weighted by Gasteiger charge is 2.17. The monoisotopic (exact) mass is 304 g/mol. The highest BCUT2D eigenvalue weighted by atomic mass is 15.3. The van der Waals surface area contributed by atoms with Crippen molar-refractivity contribution in [2.75, 3.05) is 5.32 Å². The van der Waals surface area contributed by atoms with E-state index in [9.17, 15) is 0 Å². The maximum atomic E-state index is 4.49. The standard InChI is InChI=1S/C17H16N6/c1-12-16-14(8-20-12)5-6-19-17(16)22-15-4-2-3-13(7-15)9-23-11-18-10-21-23/h2-7,10-11H,8-9H2,1H3,(H,19,22). The summed E-state index contributed by atoms with van der Waals surface area (Å²) >= 11 is 0. The first-order valence-electron chi connectivity index (χ1n) is 7.47. The average Bonchev–Trinajstić information content (AvgIpc) is 3.19. The second kappa shape index (κ2) is 5.64. The number of benzene rings is 1. The van der Waals surface area contributed by atoms with Crippen molar-refractivity contribution in [3.63, 3.8) is 0 Å². The minimum Gasteiger partial charge on any atom is -0.340 e. The van der Waals surface area contributed by atoms with Crippen LogP contribution in [0.1, 0.15) is 23.6 Å². The van der Waals surface area contributed by atoms with Gasteiger partial charge in [-0.25, -0.2) is 14.6 Å². The van der Waals surface area contributed by atoms with E-state index in [0.717, 1.165) is 34.9 Å². The maximum Gasteiger partial charge on any atom is 0.139 e. The summed E-state index contributed by atoms with van der Waals surface area (Å²) in [5, 5.41) is 7.56. The van der Waals surface area contributed by atoms with Crippen molar-refractivity contribution in [3.05, 3.63) is 65.9 Å². The zero-order chi connectivity index (χ0) is 15.6. The largest absolute Gasteiger partial charge is 0.340 e. The van der Waals surface area contributed by atoms with E-state index < -0.39 is 0 Å². The molecule has 3 aromatic rings. The predicted octanol–water partition coefficient (Wildman–Crippen LogP) is 2.79. The number of hydrogen-bond acceptors (Lipinski definition) is 5. The van der Waals surface area contributed by atoms with Gasteiger partial charge in [-0.15, -0.1) is 0 Å². The normalized spacial score (nSPS) is 12.8. The van der Waals surface area contributed by atoms with Crippen LogP contribution in [-0.2, 0) is 13.1 Å². The Bertz CT molecular complexity index is 867. The molecule has 0 spiro atoms. The van der Waals surface area contributed by atoms with E-state index in [1.54, 1.807) is 17.3 Å². The van der Waals surface area contributed by atoms with E-state index in [1.807, 2.05) is 31.3 Å². The highest BCUT2D eigenvalue weighted by molar-refractivity contribution is 6.06. The van der Waals surface area contributed by atoms with Crippen LogP contribution in [0.4, 0.5) is 11.5 Å². The second-order valence-corrected chi connectivity index (χ2v) is 5.51. The van der Waals surface area contributed by atoms with Crippen molar-refractivity contribution < 1.29 is 0 Å². The summed E-state index contributed by atoms with van der Waals surface area (Å²) in [6.07, 6.45) is 5.08. The molecule has 0 fully saturated rings. The molecule has 1 aromatic carbocycles. The van der Waals surface area contributed by atoms with E-state index in [4.69, 9.17) is 0 Å². The van der Waals surface area contributed by atoms with Crippen molar-refractivity contribution in [2.24, 2.45) is 4.99 Å². The van der Waals surface area contributed by atoms with Crippen molar-refractivity contribution in [3.8, 4) is 0 Å². The van der Waals surface area contributed by atoms with Crippen LogP contribution in [0.3, 0.4) is 0 Å². The Morgan fingerprint density at radius 3 is 3.09 bits per heavy atom. The molecule has 3 heterocycles. The van der Waals surface area contributed by atoms with Crippen molar-refractivity contribution in [1.29, 1.82) is 0 Å². The molecule has 0 amide bonds. The number of hydrogen-bond donors (Lipinski definition) is 1. The van der Waals surface area contributed by atoms with Gasteiger partial charge in [0.25, 0.3) is 0 Å². The van der Waals surface area contributed by atoms with Gasteiger partial charge in [0.15, 0.2) is 0 Å². The second-order valence-electron chi connectivity index (χ2n) is 5.51. The third-order valence-corrected chi connectivity index (χ3v) is 3.89. The minimum absolute atomic E-state index is 0.691. The van der Waals surface area contributed by atoms with Crippen LogP contribution >= 0.6 is 0 Å². The Kier molecular flexibility index (Phi) is 3.34. The van der Waals surface area contributed by atoms with Crippen LogP contribution in [0.2, 0.25) is 0 Å². The molecule has 1 aliphatic heterocycles. The first kappa shape index (κ1) is 13.6. The summed E-state index contributed by atoms with van der Waals surface area (Å²) in [5.74, 6) is 0.860. The number of aromatic nitrogens is 4. The molecule has 0 radical (unpaired) electrons. The molecule has 1 aliphatic rings. The van der Waals surface area contributed by atoms with Crippen LogP contribution in [0, 0.1) is 0 Å². The molecule has 0 bridgehead atoms. The van der Waals surface area contributed by atoms with E-state index in [0.29, 0.717) is 6.54 Å². The summed E-state index contributed by atoms with van der Waals surface area (Å²) < 4.78 is 1.80. The molecule has 0 aliphatic carbocycles. The van der Waals surface area contributed by atoms with Crippen molar-refractivity contribution >= 4 is 17.2 Å². The zero-order valence-electron chi connectivity index (χ0n) is 12.8. The molecule has 114 valence electrons. The van der Waals surface area contributed by atoms with Gasteiger partial charge in [0.1, 0.15) is 18.5 Å². The number of fused-ring (bicyclic) bond motifs is 1. The molecule has 4 rings (SSSR count). The van der Waals surface area contributed by atoms with E-state index in [2.05, 4.69) is 37.5 Å². The first-order chi connectivity index (χ1) is 11.3. The number of aliphatic imine (C=N–C) groups is 1. The molecule has 0 saturated carbocycles. The Morgan fingerprint density at radius 1 is 1.26 bits per heavy atom. The number of rotatable bonds is 4. The van der Waals surface area contributed by atoms with Crippen LogP contribution in [-0.4, -0.2) is 25.5 Å². The van der Waals surface area contributed by atoms with Gasteiger partial charge in [0.2, 0.25) is 0 Å². The lowest BCUT2D eigenvalue weighted by Gasteiger charge is -2.11. The molecular weight excluding hydrogens is 288 g/mol. The quantitative estimate of drug-likeness (QED) is 0.805. The molecule has 0 atom stereocenters. The third kappa shape index (κ3) is 2.70. The molecule has 23 heavy (non-hydrogen) atoms. The van der Waals surface area contributed by atoms with Crippen LogP contribution in [0.15, 0.2) is 54.2 Å². The lowest BCUT2D eigenvalue weighted by molar-refractivity contribution is 0.685. The maximum absolute atomic E-state index is 4.49. The smallest absolute Gasteiger partial charge is 0.139 e. The van der Waals surface area contributed by atoms with E-state index >= 15 is 0 Å². The number of nitrogens with zero attached hydrogens (tertiary/aromatic N) is 5. The van der Waals surface area contributed by atoms with Crippen LogP contribution < -0.4 is 5.32 Å². The minimum atomic E-state index is 0.691. The third-order valence-electron chi connectivity index (χ3n) is 3.89. The SMILES string of the molecule is CC1=NCc2ccnc(Nc3cccc(Cn4cncn4)c3)c21. The average molecular weight is 304 g/mol. The fourth-order valence-corrected chi connectivity index (χ4v) is 2.80. The summed E-state index contributed by atoms with van der Waals surface area (Å²) in [6, 6.07) is 10.3. The zero-order valence-corrected chi connectivity index (χ0v) is 12.8. The number of pyridine rings is 1. The van der Waals surface area contributed by atoms with Gasteiger partial charge >= 0.3 is 0 Å². The van der Waals surface area contributed by atoms with Gasteiger partial charge in [0, 0.05) is 23.2 Å². The summed E-state index contributed by atoms with van der Waals surface area (Å²) in [5.41, 5.74) is 5.53. The number of anilines is 2. The summed E-state index contributed by atoms with van der Waals surface area (Å²) in [6.45, 7) is 3.46. The van der Waals surface area contributed by atoms with Crippen LogP contribution in [0.5, 0.6) is 0 Å². The topological polar surface area (TPSA) is 68.0 Å². The molecule has 2 aromatic heterocycles. The predicted molar refractivity (Wildman–Crippen MR) is 89.0 cm³/mol. The van der Waals surface area contributed by atoms with Crippen molar-refractivity contribution in [2.45, 2.75) is 20.0 Å². The Hall–Kier alpha value is -3.02. The van der Waals surface area contributed by atoms with Gasteiger partial charge in [-0.1, -0.05) is 12.1 Å². The van der Waals surface area contributed by atoms with Gasteiger partial charge in [-0.2, -0.15) is 5.10 Å². The Labute approximate surface area is 133 Å². The molecule has 6 nitrogen and oxygen atoms in total. The molecule has 1 N–H and O–H groups in total. The molecule has 0 saturated heterocycles. The fourth-order valence-electron chi connectivity index (χ4n) is 2.80. The van der Waals surface area contributed by atoms with E-state index in [1.165, 1.54) is 5.56 Å². The molecular formula is C17H16N6. The van der Waals surface area contributed by atoms with Gasteiger partial charge in [-0.3, -0.25) is 4.99 Å². The van der Waals surface area contributed by atoms with Crippen molar-refractivity contribution in [1.82, 2.24) is 19.7 Å². The molecule has 0 unspecified atom stereocenters. The van der Waals surface area contributed by atoms with Crippen LogP contribution in [0.25, 0.3) is 0 Å². The van der Waals surface area contributed by atoms with Gasteiger partial charge in [0.05, 0.1) is 13.1 Å². The summed E-state index contributed by atoms with van der Waals surface area (Å²) in [7, 11) is 0. The lowest BCUT2D eigenvalue weighted by atomic mass is 10.1. The highest BCUT2D eigenvalue weighted by Crippen LogP contribution is 2.27. The molecule has 6 heteroatoms.